The molecule has 134 valence electrons. The minimum Gasteiger partial charge on any atom is -0.345 e. The molecule has 0 bridgehead atoms. The Labute approximate surface area is 151 Å². The first-order valence-corrected chi connectivity index (χ1v) is 9.60. The Morgan fingerprint density at radius 2 is 1.84 bits per heavy atom. The van der Waals surface area contributed by atoms with Gasteiger partial charge in [-0.25, -0.2) is 0 Å². The molecule has 1 aromatic carbocycles. The van der Waals surface area contributed by atoms with Crippen molar-refractivity contribution in [2.45, 2.75) is 52.6 Å². The average Bonchev–Trinajstić information content (AvgIpc) is 3.27. The van der Waals surface area contributed by atoms with Crippen LogP contribution in [0.25, 0.3) is 0 Å². The molecular weight excluding hydrogens is 308 g/mol. The zero-order chi connectivity index (χ0) is 17.6. The molecule has 2 aromatic rings. The number of hydrogen-bond acceptors (Lipinski definition) is 1. The summed E-state index contributed by atoms with van der Waals surface area (Å²) in [5, 5.41) is 0. The maximum absolute atomic E-state index is 13.0. The average molecular weight is 338 g/mol. The summed E-state index contributed by atoms with van der Waals surface area (Å²) in [6.07, 6.45) is 6.67. The molecule has 1 fully saturated rings. The highest BCUT2D eigenvalue weighted by atomic mass is 16.2. The zero-order valence-electron chi connectivity index (χ0n) is 15.5. The molecule has 1 saturated carbocycles. The fourth-order valence-electron chi connectivity index (χ4n) is 3.83. The van der Waals surface area contributed by atoms with Crippen molar-refractivity contribution in [3.63, 3.8) is 0 Å². The van der Waals surface area contributed by atoms with E-state index in [1.807, 2.05) is 6.07 Å². The van der Waals surface area contributed by atoms with E-state index in [1.165, 1.54) is 24.1 Å². The number of benzene rings is 1. The Morgan fingerprint density at radius 3 is 2.52 bits per heavy atom. The molecule has 1 heterocycles. The maximum Gasteiger partial charge on any atom is 0.226 e. The summed E-state index contributed by atoms with van der Waals surface area (Å²) in [7, 11) is 0. The van der Waals surface area contributed by atoms with Gasteiger partial charge in [0.2, 0.25) is 5.91 Å². The smallest absolute Gasteiger partial charge is 0.226 e. The summed E-state index contributed by atoms with van der Waals surface area (Å²) in [5.74, 6) is 1.10. The van der Waals surface area contributed by atoms with Crippen LogP contribution in [0.3, 0.4) is 0 Å². The number of carbonyl (C=O) groups excluding carboxylic acids is 1. The topological polar surface area (TPSA) is 25.2 Å². The molecule has 0 atom stereocenters. The van der Waals surface area contributed by atoms with Crippen molar-refractivity contribution in [1.29, 1.82) is 0 Å². The molecule has 0 unspecified atom stereocenters. The van der Waals surface area contributed by atoms with E-state index in [0.29, 0.717) is 18.4 Å². The van der Waals surface area contributed by atoms with Crippen molar-refractivity contribution in [1.82, 2.24) is 9.47 Å². The van der Waals surface area contributed by atoms with Crippen LogP contribution >= 0.6 is 0 Å². The Morgan fingerprint density at radius 1 is 1.12 bits per heavy atom. The molecule has 0 spiro atoms. The third-order valence-corrected chi connectivity index (χ3v) is 5.07. The third kappa shape index (κ3) is 4.75. The fourth-order valence-corrected chi connectivity index (χ4v) is 3.83. The summed E-state index contributed by atoms with van der Waals surface area (Å²) in [5.41, 5.74) is 2.51. The molecule has 0 radical (unpaired) electrons. The second kappa shape index (κ2) is 8.37. The molecule has 0 aliphatic heterocycles. The van der Waals surface area contributed by atoms with Crippen LogP contribution in [-0.4, -0.2) is 21.9 Å². The summed E-state index contributed by atoms with van der Waals surface area (Å²) < 4.78 is 2.27. The number of nitrogens with zero attached hydrogens (tertiary/aromatic N) is 2. The van der Waals surface area contributed by atoms with Crippen molar-refractivity contribution in [2.75, 3.05) is 6.54 Å². The van der Waals surface area contributed by atoms with Crippen molar-refractivity contribution < 1.29 is 4.79 Å². The molecule has 3 heteroatoms. The van der Waals surface area contributed by atoms with E-state index in [-0.39, 0.29) is 5.92 Å². The molecule has 25 heavy (non-hydrogen) atoms. The number of hydrogen-bond donors (Lipinski definition) is 0. The van der Waals surface area contributed by atoms with Gasteiger partial charge in [-0.3, -0.25) is 4.79 Å². The number of aromatic nitrogens is 1. The lowest BCUT2D eigenvalue weighted by Gasteiger charge is -2.28. The van der Waals surface area contributed by atoms with Crippen LogP contribution in [-0.2, 0) is 17.9 Å². The van der Waals surface area contributed by atoms with Gasteiger partial charge in [-0.1, -0.05) is 57.0 Å². The number of carbonyl (C=O) groups is 1. The minimum atomic E-state index is 0.247. The third-order valence-electron chi connectivity index (χ3n) is 5.07. The van der Waals surface area contributed by atoms with E-state index < -0.39 is 0 Å². The normalized spacial score (nSPS) is 15.0. The second-order valence-electron chi connectivity index (χ2n) is 7.71. The van der Waals surface area contributed by atoms with Gasteiger partial charge in [0.1, 0.15) is 0 Å². The molecule has 1 aliphatic carbocycles. The van der Waals surface area contributed by atoms with Gasteiger partial charge in [0.25, 0.3) is 0 Å². The van der Waals surface area contributed by atoms with E-state index in [4.69, 9.17) is 0 Å². The van der Waals surface area contributed by atoms with Gasteiger partial charge in [0, 0.05) is 30.9 Å². The number of amides is 1. The highest BCUT2D eigenvalue weighted by Gasteiger charge is 2.28. The first-order chi connectivity index (χ1) is 12.1. The summed E-state index contributed by atoms with van der Waals surface area (Å²) in [6, 6.07) is 14.7. The van der Waals surface area contributed by atoms with Gasteiger partial charge >= 0.3 is 0 Å². The largest absolute Gasteiger partial charge is 0.345 e. The Balaban J connectivity index is 1.73. The number of rotatable bonds is 7. The highest BCUT2D eigenvalue weighted by Crippen LogP contribution is 2.27. The van der Waals surface area contributed by atoms with Crippen molar-refractivity contribution in [3.8, 4) is 0 Å². The van der Waals surface area contributed by atoms with E-state index in [2.05, 4.69) is 65.9 Å². The predicted octanol–water partition coefficient (Wildman–Crippen LogP) is 4.71. The monoisotopic (exact) mass is 338 g/mol. The van der Waals surface area contributed by atoms with E-state index in [9.17, 15) is 4.79 Å². The highest BCUT2D eigenvalue weighted by molar-refractivity contribution is 5.79. The van der Waals surface area contributed by atoms with Crippen LogP contribution < -0.4 is 0 Å². The fraction of sp³-hybridized carbons (Fsp3) is 0.500. The van der Waals surface area contributed by atoms with E-state index in [0.717, 1.165) is 25.9 Å². The SMILES string of the molecule is CC(C)CN(Cc1cccn1Cc1ccccc1)C(=O)C1CCCC1. The maximum atomic E-state index is 13.0. The van der Waals surface area contributed by atoms with Gasteiger partial charge in [0.05, 0.1) is 6.54 Å². The van der Waals surface area contributed by atoms with Gasteiger partial charge in [0.15, 0.2) is 0 Å². The second-order valence-corrected chi connectivity index (χ2v) is 7.71. The van der Waals surface area contributed by atoms with Gasteiger partial charge in [-0.05, 0) is 36.5 Å². The molecule has 3 nitrogen and oxygen atoms in total. The Hall–Kier alpha value is -2.03. The molecular formula is C22H30N2O. The first kappa shape index (κ1) is 17.8. The van der Waals surface area contributed by atoms with E-state index in [1.54, 1.807) is 0 Å². The lowest BCUT2D eigenvalue weighted by Crippen LogP contribution is -2.38. The molecule has 1 amide bonds. The van der Waals surface area contributed by atoms with E-state index >= 15 is 0 Å². The summed E-state index contributed by atoms with van der Waals surface area (Å²) in [4.78, 5) is 15.1. The standard InChI is InChI=1S/C22H30N2O/c1-18(2)15-24(22(25)20-11-6-7-12-20)17-21-13-8-14-23(21)16-19-9-4-3-5-10-19/h3-5,8-10,13-14,18,20H,6-7,11-12,15-17H2,1-2H3. The van der Waals surface area contributed by atoms with Crippen LogP contribution in [0.5, 0.6) is 0 Å². The van der Waals surface area contributed by atoms with Gasteiger partial charge in [-0.15, -0.1) is 0 Å². The predicted molar refractivity (Wildman–Crippen MR) is 102 cm³/mol. The molecule has 0 saturated heterocycles. The van der Waals surface area contributed by atoms with Crippen molar-refractivity contribution >= 4 is 5.91 Å². The minimum absolute atomic E-state index is 0.247. The van der Waals surface area contributed by atoms with Crippen LogP contribution in [0.2, 0.25) is 0 Å². The molecule has 1 aromatic heterocycles. The van der Waals surface area contributed by atoms with Crippen LogP contribution in [0, 0.1) is 11.8 Å². The van der Waals surface area contributed by atoms with Gasteiger partial charge < -0.3 is 9.47 Å². The first-order valence-electron chi connectivity index (χ1n) is 9.60. The van der Waals surface area contributed by atoms with Crippen molar-refractivity contribution in [2.24, 2.45) is 11.8 Å². The van der Waals surface area contributed by atoms with Crippen LogP contribution in [0.4, 0.5) is 0 Å². The molecule has 3 rings (SSSR count). The summed E-state index contributed by atoms with van der Waals surface area (Å²) >= 11 is 0. The zero-order valence-corrected chi connectivity index (χ0v) is 15.5. The quantitative estimate of drug-likeness (QED) is 0.717. The van der Waals surface area contributed by atoms with Crippen LogP contribution in [0.15, 0.2) is 48.7 Å². The lowest BCUT2D eigenvalue weighted by atomic mass is 10.1. The van der Waals surface area contributed by atoms with Crippen LogP contribution in [0.1, 0.15) is 50.8 Å². The Kier molecular flexibility index (Phi) is 5.95. The molecule has 1 aliphatic rings. The van der Waals surface area contributed by atoms with Gasteiger partial charge in [-0.2, -0.15) is 0 Å². The lowest BCUT2D eigenvalue weighted by molar-refractivity contribution is -0.136. The summed E-state index contributed by atoms with van der Waals surface area (Å²) in [6.45, 7) is 6.80. The van der Waals surface area contributed by atoms with Crippen molar-refractivity contribution in [3.05, 3.63) is 59.9 Å². The molecule has 0 N–H and O–H groups in total. The Bertz CT molecular complexity index is 668.